The Kier molecular flexibility index (Phi) is 36.1. The van der Waals surface area contributed by atoms with Crippen LogP contribution in [0.2, 0.25) is 0 Å². The van der Waals surface area contributed by atoms with Gasteiger partial charge in [0.2, 0.25) is 0 Å². The van der Waals surface area contributed by atoms with Gasteiger partial charge >= 0.3 is 17.9 Å². The predicted molar refractivity (Wildman–Crippen MR) is 238 cm³/mol. The molecule has 0 heterocycles. The summed E-state index contributed by atoms with van der Waals surface area (Å²) in [4.78, 5) is 36.9. The van der Waals surface area contributed by atoms with E-state index in [2.05, 4.69) is 111 Å². The lowest BCUT2D eigenvalue weighted by atomic mass is 10.1. The van der Waals surface area contributed by atoms with Gasteiger partial charge < -0.3 is 23.8 Å². The summed E-state index contributed by atoms with van der Waals surface area (Å²) in [5.74, 6) is -1.59. The van der Waals surface area contributed by atoms with E-state index in [1.165, 1.54) is 0 Å². The molecule has 8 heteroatoms. The Morgan fingerprint density at radius 3 is 1.60 bits per heavy atom. The molecule has 0 fully saturated rings. The highest BCUT2D eigenvalue weighted by Gasteiger charge is 2.31. The molecule has 0 aromatic heterocycles. The van der Waals surface area contributed by atoms with E-state index < -0.39 is 18.1 Å². The number of hydrogen-bond acceptors (Lipinski definition) is 6. The van der Waals surface area contributed by atoms with Gasteiger partial charge in [-0.2, -0.15) is 0 Å². The van der Waals surface area contributed by atoms with E-state index in [4.69, 9.17) is 14.2 Å². The minimum atomic E-state index is -0.893. The van der Waals surface area contributed by atoms with Gasteiger partial charge in [-0.3, -0.25) is 9.59 Å². The van der Waals surface area contributed by atoms with Crippen LogP contribution in [-0.2, 0) is 28.6 Å². The fourth-order valence-electron chi connectivity index (χ4n) is 5.45. The number of esters is 2. The van der Waals surface area contributed by atoms with Crippen LogP contribution in [-0.4, -0.2) is 80.6 Å². The number of carboxylic acid groups (broad SMARTS) is 1. The van der Waals surface area contributed by atoms with E-state index in [0.717, 1.165) is 89.9 Å². The van der Waals surface area contributed by atoms with E-state index in [1.807, 2.05) is 33.3 Å². The Bertz CT molecular complexity index is 1290. The van der Waals surface area contributed by atoms with Gasteiger partial charge in [-0.25, -0.2) is 4.79 Å². The molecule has 0 saturated heterocycles. The topological polar surface area (TPSA) is 99.1 Å². The Morgan fingerprint density at radius 1 is 0.544 bits per heavy atom. The van der Waals surface area contributed by atoms with E-state index in [9.17, 15) is 19.5 Å². The summed E-state index contributed by atoms with van der Waals surface area (Å²) in [5.41, 5.74) is 0. The lowest BCUT2D eigenvalue weighted by Gasteiger charge is -2.31. The number of carbonyl (C=O) groups excluding carboxylic acids is 2. The third-order valence-corrected chi connectivity index (χ3v) is 8.73. The predicted octanol–water partition coefficient (Wildman–Crippen LogP) is 11.7. The van der Waals surface area contributed by atoms with Gasteiger partial charge in [0.1, 0.15) is 6.61 Å². The van der Waals surface area contributed by atoms with E-state index in [-0.39, 0.29) is 42.7 Å². The number of ether oxygens (including phenoxy) is 3. The lowest BCUT2D eigenvalue weighted by Crippen LogP contribution is -2.50. The third-order valence-electron chi connectivity index (χ3n) is 8.73. The zero-order valence-corrected chi connectivity index (χ0v) is 36.2. The number of unbranched alkanes of at least 4 members (excludes halogenated alkanes) is 6. The quantitative estimate of drug-likeness (QED) is 0.0222. The number of likely N-dealkylation sites (N-methyl/N-ethyl adjacent to an activating group) is 1. The molecule has 0 aliphatic rings. The largest absolute Gasteiger partial charge is 0.477 e. The molecule has 320 valence electrons. The van der Waals surface area contributed by atoms with E-state index in [0.29, 0.717) is 19.3 Å². The van der Waals surface area contributed by atoms with Crippen molar-refractivity contribution in [3.8, 4) is 0 Å². The lowest BCUT2D eigenvalue weighted by molar-refractivity contribution is -0.887. The van der Waals surface area contributed by atoms with Crippen LogP contribution in [0.5, 0.6) is 0 Å². The van der Waals surface area contributed by atoms with Crippen LogP contribution in [0.15, 0.2) is 109 Å². The minimum Gasteiger partial charge on any atom is -0.477 e. The molecule has 0 aromatic carbocycles. The average Bonchev–Trinajstić information content (AvgIpc) is 3.17. The van der Waals surface area contributed by atoms with Crippen molar-refractivity contribution in [3.05, 3.63) is 109 Å². The molecular formula is C49H78NO7+. The number of allylic oxidation sites excluding steroid dienone is 18. The molecule has 8 nitrogen and oxygen atoms in total. The summed E-state index contributed by atoms with van der Waals surface area (Å²) in [7, 11) is 5.48. The fraction of sp³-hybridized carbons (Fsp3) is 0.571. The molecule has 0 aliphatic heterocycles. The molecule has 0 spiro atoms. The highest BCUT2D eigenvalue weighted by molar-refractivity contribution is 5.72. The zero-order valence-electron chi connectivity index (χ0n) is 36.2. The molecule has 1 N–H and O–H groups in total. The highest BCUT2D eigenvalue weighted by atomic mass is 16.6. The molecule has 0 aliphatic carbocycles. The van der Waals surface area contributed by atoms with Gasteiger partial charge in [0.05, 0.1) is 34.4 Å². The number of hydrogen-bond donors (Lipinski definition) is 1. The van der Waals surface area contributed by atoms with Crippen molar-refractivity contribution < 1.29 is 38.2 Å². The minimum absolute atomic E-state index is 0.0231. The van der Waals surface area contributed by atoms with Crippen LogP contribution in [0, 0.1) is 0 Å². The number of nitrogens with zero attached hydrogens (tertiary/aromatic N) is 1. The summed E-state index contributed by atoms with van der Waals surface area (Å²) < 4.78 is 17.2. The van der Waals surface area contributed by atoms with Crippen molar-refractivity contribution in [2.24, 2.45) is 0 Å². The molecule has 2 atom stereocenters. The van der Waals surface area contributed by atoms with Crippen LogP contribution in [0.25, 0.3) is 0 Å². The van der Waals surface area contributed by atoms with Crippen molar-refractivity contribution in [1.82, 2.24) is 0 Å². The van der Waals surface area contributed by atoms with Crippen LogP contribution in [0.4, 0.5) is 0 Å². The Balaban J connectivity index is 4.52. The monoisotopic (exact) mass is 793 g/mol. The molecular weight excluding hydrogens is 715 g/mol. The van der Waals surface area contributed by atoms with Gasteiger partial charge in [-0.15, -0.1) is 0 Å². The summed E-state index contributed by atoms with van der Waals surface area (Å²) >= 11 is 0. The van der Waals surface area contributed by atoms with Crippen molar-refractivity contribution in [2.45, 2.75) is 142 Å². The summed E-state index contributed by atoms with van der Waals surface area (Å²) in [6, 6.07) is -0.635. The number of aliphatic carboxylic acids is 1. The van der Waals surface area contributed by atoms with Gasteiger partial charge in [0, 0.05) is 19.3 Å². The smallest absolute Gasteiger partial charge is 0.362 e. The average molecular weight is 793 g/mol. The Labute approximate surface area is 347 Å². The molecule has 0 saturated carbocycles. The second kappa shape index (κ2) is 38.8. The van der Waals surface area contributed by atoms with Crippen LogP contribution >= 0.6 is 0 Å². The molecule has 0 aromatic rings. The van der Waals surface area contributed by atoms with E-state index in [1.54, 1.807) is 0 Å². The highest BCUT2D eigenvalue weighted by Crippen LogP contribution is 2.11. The van der Waals surface area contributed by atoms with Crippen molar-refractivity contribution >= 4 is 17.9 Å². The second-order valence-electron chi connectivity index (χ2n) is 14.9. The van der Waals surface area contributed by atoms with Crippen LogP contribution < -0.4 is 0 Å². The molecule has 0 radical (unpaired) electrons. The van der Waals surface area contributed by atoms with Crippen molar-refractivity contribution in [1.29, 1.82) is 0 Å². The van der Waals surface area contributed by atoms with Crippen LogP contribution in [0.3, 0.4) is 0 Å². The normalized spacial score (nSPS) is 14.1. The first kappa shape index (κ1) is 53.0. The SMILES string of the molecule is CC/C=C/C=C/C=C/CCCCCCCC(=O)OCC(COCCC(C(=O)O)[N+](C)(C)C)OC(=O)CCC/C=C/C/C=C/C/C=C/C/C=C/C/C=C/C/C=C/CC. The van der Waals surface area contributed by atoms with Gasteiger partial charge in [0.15, 0.2) is 12.1 Å². The Hall–Kier alpha value is -4.01. The van der Waals surface area contributed by atoms with Gasteiger partial charge in [0.25, 0.3) is 0 Å². The van der Waals surface area contributed by atoms with Crippen molar-refractivity contribution in [2.75, 3.05) is 41.0 Å². The van der Waals surface area contributed by atoms with Gasteiger partial charge in [-0.05, 0) is 77.0 Å². The standard InChI is InChI=1S/C49H77NO7/c1-6-8-10-12-14-16-18-20-21-22-23-24-25-26-28-30-32-34-36-38-40-48(52)57-45(43-55-42-41-46(49(53)54)50(3,4)5)44-56-47(51)39-37-35-33-31-29-27-19-17-15-13-11-9-7-2/h8-11,13-17,19-21,23-24,26,28,32,34,45-46H,6-7,12,18,22,25,27,29-31,33,35-44H2,1-5H3/p+1/b10-8+,11-9+,15-13+,16-14+,19-17+,21-20+,24-23+,28-26+,34-32+. The second-order valence-corrected chi connectivity index (χ2v) is 14.9. The summed E-state index contributed by atoms with van der Waals surface area (Å²) in [6.45, 7) is 4.37. The first-order valence-electron chi connectivity index (χ1n) is 21.5. The number of rotatable bonds is 36. The fourth-order valence-corrected chi connectivity index (χ4v) is 5.45. The molecule has 2 unspecified atom stereocenters. The van der Waals surface area contributed by atoms with Crippen molar-refractivity contribution in [3.63, 3.8) is 0 Å². The molecule has 0 amide bonds. The van der Waals surface area contributed by atoms with Gasteiger partial charge in [-0.1, -0.05) is 142 Å². The Morgan fingerprint density at radius 2 is 1.04 bits per heavy atom. The number of quaternary nitrogens is 1. The van der Waals surface area contributed by atoms with Crippen LogP contribution in [0.1, 0.15) is 129 Å². The first-order valence-corrected chi connectivity index (χ1v) is 21.5. The first-order chi connectivity index (χ1) is 27.6. The maximum atomic E-state index is 12.7. The number of carboxylic acids is 1. The summed E-state index contributed by atoms with van der Waals surface area (Å²) in [6.07, 6.45) is 52.8. The third kappa shape index (κ3) is 37.3. The number of carbonyl (C=O) groups is 3. The molecule has 0 bridgehead atoms. The summed E-state index contributed by atoms with van der Waals surface area (Å²) in [5, 5.41) is 9.61. The van der Waals surface area contributed by atoms with E-state index >= 15 is 0 Å². The zero-order chi connectivity index (χ0) is 42.1. The molecule has 57 heavy (non-hydrogen) atoms. The maximum Gasteiger partial charge on any atom is 0.362 e. The maximum absolute atomic E-state index is 12.7. The molecule has 0 rings (SSSR count).